The summed E-state index contributed by atoms with van der Waals surface area (Å²) < 4.78 is 0. The van der Waals surface area contributed by atoms with E-state index >= 15 is 0 Å². The van der Waals surface area contributed by atoms with Crippen LogP contribution in [0.2, 0.25) is 0 Å². The van der Waals surface area contributed by atoms with Crippen LogP contribution in [0.15, 0.2) is 42.6 Å². The highest BCUT2D eigenvalue weighted by molar-refractivity contribution is 5.97. The van der Waals surface area contributed by atoms with Gasteiger partial charge in [-0.05, 0) is 69.0 Å². The number of rotatable bonds is 6. The molecule has 3 N–H and O–H groups in total. The average molecular weight is 415 g/mol. The van der Waals surface area contributed by atoms with Crippen LogP contribution < -0.4 is 16.0 Å². The van der Waals surface area contributed by atoms with Gasteiger partial charge in [0, 0.05) is 35.5 Å². The third-order valence-electron chi connectivity index (χ3n) is 5.37. The second kappa shape index (κ2) is 9.85. The Morgan fingerprint density at radius 3 is 2.52 bits per heavy atom. The highest BCUT2D eigenvalue weighted by Crippen LogP contribution is 2.22. The molecule has 1 aliphatic heterocycles. The Kier molecular flexibility index (Phi) is 7.23. The van der Waals surface area contributed by atoms with Crippen LogP contribution >= 0.6 is 12.4 Å². The number of halogens is 1. The van der Waals surface area contributed by atoms with Gasteiger partial charge in [-0.15, -0.1) is 12.4 Å². The summed E-state index contributed by atoms with van der Waals surface area (Å²) in [5.41, 5.74) is 2.73. The third kappa shape index (κ3) is 5.78. The molecule has 1 aromatic carbocycles. The van der Waals surface area contributed by atoms with Crippen molar-refractivity contribution in [3.05, 3.63) is 53.7 Å². The molecular weight excluding hydrogens is 388 g/mol. The number of piperidine rings is 1. The Morgan fingerprint density at radius 1 is 1.00 bits per heavy atom. The first-order chi connectivity index (χ1) is 13.7. The van der Waals surface area contributed by atoms with Gasteiger partial charge in [-0.2, -0.15) is 0 Å². The number of benzene rings is 1. The van der Waals surface area contributed by atoms with Crippen molar-refractivity contribution in [2.45, 2.75) is 31.7 Å². The van der Waals surface area contributed by atoms with E-state index in [9.17, 15) is 9.59 Å². The Labute approximate surface area is 177 Å². The molecule has 2 aromatic rings. The first-order valence-corrected chi connectivity index (χ1v) is 10.1. The van der Waals surface area contributed by atoms with E-state index in [4.69, 9.17) is 0 Å². The Balaban J connectivity index is 0.00000240. The predicted octanol–water partition coefficient (Wildman–Crippen LogP) is 2.79. The highest BCUT2D eigenvalue weighted by Gasteiger charge is 2.24. The minimum atomic E-state index is -0.0676. The van der Waals surface area contributed by atoms with E-state index < -0.39 is 0 Å². The van der Waals surface area contributed by atoms with Crippen molar-refractivity contribution in [2.24, 2.45) is 5.92 Å². The molecule has 1 aliphatic carbocycles. The summed E-state index contributed by atoms with van der Waals surface area (Å²) in [7, 11) is 0. The van der Waals surface area contributed by atoms with Gasteiger partial charge in [0.2, 0.25) is 0 Å². The zero-order valence-electron chi connectivity index (χ0n) is 16.3. The van der Waals surface area contributed by atoms with E-state index in [1.54, 1.807) is 18.3 Å². The van der Waals surface area contributed by atoms with Crippen molar-refractivity contribution >= 4 is 24.2 Å². The van der Waals surface area contributed by atoms with Gasteiger partial charge in [0.1, 0.15) is 0 Å². The number of hydrogen-bond acceptors (Lipinski definition) is 4. The summed E-state index contributed by atoms with van der Waals surface area (Å²) in [4.78, 5) is 29.2. The lowest BCUT2D eigenvalue weighted by Crippen LogP contribution is -2.35. The van der Waals surface area contributed by atoms with Crippen LogP contribution in [-0.2, 0) is 0 Å². The standard InChI is InChI=1S/C22H26N4O2.ClH/c27-21(25-14-15-6-9-23-10-7-15)17-3-1-2-16(12-17)20-13-18(8-11-24-20)22(28)26-19-4-5-19;/h1-3,8,11-13,15,19,23H,4-7,9-10,14H2,(H,25,27)(H,26,28);1H. The van der Waals surface area contributed by atoms with Crippen molar-refractivity contribution in [3.63, 3.8) is 0 Å². The second-order valence-corrected chi connectivity index (χ2v) is 7.66. The normalized spacial score (nSPS) is 16.6. The summed E-state index contributed by atoms with van der Waals surface area (Å²) in [5, 5.41) is 9.38. The van der Waals surface area contributed by atoms with Gasteiger partial charge in [-0.3, -0.25) is 14.6 Å². The molecule has 0 spiro atoms. The molecule has 2 amide bonds. The van der Waals surface area contributed by atoms with E-state index in [0.29, 0.717) is 35.3 Å². The monoisotopic (exact) mass is 414 g/mol. The number of hydrogen-bond donors (Lipinski definition) is 3. The fourth-order valence-corrected chi connectivity index (χ4v) is 3.47. The number of amides is 2. The number of pyridine rings is 1. The molecule has 0 radical (unpaired) electrons. The molecule has 7 heteroatoms. The van der Waals surface area contributed by atoms with Crippen molar-refractivity contribution < 1.29 is 9.59 Å². The SMILES string of the molecule is Cl.O=C(NCC1CCNCC1)c1cccc(-c2cc(C(=O)NC3CC3)ccn2)c1. The van der Waals surface area contributed by atoms with E-state index in [0.717, 1.165) is 44.3 Å². The first kappa shape index (κ1) is 21.3. The fraction of sp³-hybridized carbons (Fsp3) is 0.409. The molecular formula is C22H27ClN4O2. The molecule has 4 rings (SSSR count). The van der Waals surface area contributed by atoms with Crippen LogP contribution in [0.1, 0.15) is 46.4 Å². The maximum atomic E-state index is 12.6. The summed E-state index contributed by atoms with van der Waals surface area (Å²) in [5.74, 6) is 0.404. The van der Waals surface area contributed by atoms with Gasteiger partial charge in [0.05, 0.1) is 5.69 Å². The zero-order valence-corrected chi connectivity index (χ0v) is 17.1. The molecule has 0 unspecified atom stereocenters. The number of nitrogens with zero attached hydrogens (tertiary/aromatic N) is 1. The minimum Gasteiger partial charge on any atom is -0.352 e. The Hall–Kier alpha value is -2.44. The molecule has 0 bridgehead atoms. The van der Waals surface area contributed by atoms with Gasteiger partial charge in [-0.1, -0.05) is 12.1 Å². The van der Waals surface area contributed by atoms with Crippen molar-refractivity contribution in [1.29, 1.82) is 0 Å². The van der Waals surface area contributed by atoms with Gasteiger partial charge in [-0.25, -0.2) is 0 Å². The Morgan fingerprint density at radius 2 is 1.76 bits per heavy atom. The van der Waals surface area contributed by atoms with Gasteiger partial charge in [0.25, 0.3) is 11.8 Å². The van der Waals surface area contributed by atoms with Crippen LogP contribution in [0.3, 0.4) is 0 Å². The zero-order chi connectivity index (χ0) is 19.3. The van der Waals surface area contributed by atoms with Gasteiger partial charge in [0.15, 0.2) is 0 Å². The average Bonchev–Trinajstić information content (AvgIpc) is 3.57. The molecule has 29 heavy (non-hydrogen) atoms. The van der Waals surface area contributed by atoms with E-state index in [-0.39, 0.29) is 24.2 Å². The van der Waals surface area contributed by atoms with E-state index in [1.807, 2.05) is 24.3 Å². The number of aromatic nitrogens is 1. The first-order valence-electron chi connectivity index (χ1n) is 10.1. The van der Waals surface area contributed by atoms with Crippen LogP contribution in [0.5, 0.6) is 0 Å². The molecule has 1 saturated heterocycles. The largest absolute Gasteiger partial charge is 0.352 e. The Bertz CT molecular complexity index is 863. The molecule has 0 atom stereocenters. The lowest BCUT2D eigenvalue weighted by atomic mass is 9.98. The number of nitrogens with one attached hydrogen (secondary N) is 3. The van der Waals surface area contributed by atoms with E-state index in [2.05, 4.69) is 20.9 Å². The second-order valence-electron chi connectivity index (χ2n) is 7.66. The molecule has 154 valence electrons. The summed E-state index contributed by atoms with van der Waals surface area (Å²) in [6.45, 7) is 2.75. The highest BCUT2D eigenvalue weighted by atomic mass is 35.5. The number of carbonyl (C=O) groups is 2. The van der Waals surface area contributed by atoms with Gasteiger partial charge >= 0.3 is 0 Å². The summed E-state index contributed by atoms with van der Waals surface area (Å²) in [6.07, 6.45) is 5.94. The van der Waals surface area contributed by atoms with Gasteiger partial charge < -0.3 is 16.0 Å². The third-order valence-corrected chi connectivity index (χ3v) is 5.37. The molecule has 2 aliphatic rings. The molecule has 2 heterocycles. The molecule has 2 fully saturated rings. The quantitative estimate of drug-likeness (QED) is 0.678. The lowest BCUT2D eigenvalue weighted by molar-refractivity contribution is 0.0938. The lowest BCUT2D eigenvalue weighted by Gasteiger charge is -2.22. The van der Waals surface area contributed by atoms with Crippen molar-refractivity contribution in [1.82, 2.24) is 20.9 Å². The van der Waals surface area contributed by atoms with Crippen LogP contribution in [0, 0.1) is 5.92 Å². The maximum Gasteiger partial charge on any atom is 0.251 e. The number of carbonyl (C=O) groups excluding carboxylic acids is 2. The van der Waals surface area contributed by atoms with Crippen LogP contribution in [0.25, 0.3) is 11.3 Å². The molecule has 1 aromatic heterocycles. The minimum absolute atomic E-state index is 0. The maximum absolute atomic E-state index is 12.6. The van der Waals surface area contributed by atoms with Crippen LogP contribution in [-0.4, -0.2) is 42.5 Å². The molecule has 1 saturated carbocycles. The fourth-order valence-electron chi connectivity index (χ4n) is 3.47. The van der Waals surface area contributed by atoms with E-state index in [1.165, 1.54) is 0 Å². The smallest absolute Gasteiger partial charge is 0.251 e. The summed E-state index contributed by atoms with van der Waals surface area (Å²) >= 11 is 0. The predicted molar refractivity (Wildman–Crippen MR) is 115 cm³/mol. The topological polar surface area (TPSA) is 83.1 Å². The van der Waals surface area contributed by atoms with Crippen LogP contribution in [0.4, 0.5) is 0 Å². The van der Waals surface area contributed by atoms with Crippen molar-refractivity contribution in [3.8, 4) is 11.3 Å². The molecule has 6 nitrogen and oxygen atoms in total. The summed E-state index contributed by atoms with van der Waals surface area (Å²) in [6, 6.07) is 11.2. The van der Waals surface area contributed by atoms with Crippen molar-refractivity contribution in [2.75, 3.05) is 19.6 Å².